The maximum Gasteiger partial charge on any atom is 0.124 e. The van der Waals surface area contributed by atoms with Crippen molar-refractivity contribution in [2.24, 2.45) is 11.8 Å². The summed E-state index contributed by atoms with van der Waals surface area (Å²) in [5.74, 6) is 2.25. The van der Waals surface area contributed by atoms with E-state index in [4.69, 9.17) is 16.3 Å². The van der Waals surface area contributed by atoms with E-state index >= 15 is 0 Å². The zero-order valence-electron chi connectivity index (χ0n) is 15.3. The van der Waals surface area contributed by atoms with Gasteiger partial charge in [0.2, 0.25) is 0 Å². The van der Waals surface area contributed by atoms with Gasteiger partial charge in [-0.1, -0.05) is 35.9 Å². The molecule has 3 aromatic rings. The van der Waals surface area contributed by atoms with Crippen molar-refractivity contribution in [1.82, 2.24) is 4.98 Å². The monoisotopic (exact) mass is 396 g/mol. The van der Waals surface area contributed by atoms with E-state index in [1.807, 2.05) is 30.0 Å². The van der Waals surface area contributed by atoms with Crippen LogP contribution in [0.5, 0.6) is 5.75 Å². The summed E-state index contributed by atoms with van der Waals surface area (Å²) < 4.78 is 5.65. The molecule has 138 valence electrons. The number of fused-ring (bicyclic) bond motifs is 1. The zero-order chi connectivity index (χ0) is 19.0. The standard InChI is InChI=1S/C22H21ClN2OS/c1-26-20-9-15(23)6-7-17(20)21(18-8-14(18)10-24)19-11-25-22-13(12-27-2)4-3-5-16(19)22/h3-7,9,11,14,18,21,25H,8,12H2,1-2H3. The lowest BCUT2D eigenvalue weighted by atomic mass is 9.85. The van der Waals surface area contributed by atoms with Gasteiger partial charge in [-0.2, -0.15) is 17.0 Å². The van der Waals surface area contributed by atoms with Crippen LogP contribution in [-0.4, -0.2) is 18.3 Å². The van der Waals surface area contributed by atoms with Gasteiger partial charge in [-0.3, -0.25) is 0 Å². The average Bonchev–Trinajstić information content (AvgIpc) is 3.33. The molecule has 27 heavy (non-hydrogen) atoms. The number of methoxy groups -OCH3 is 1. The van der Waals surface area contributed by atoms with Crippen molar-refractivity contribution in [2.75, 3.05) is 13.4 Å². The van der Waals surface area contributed by atoms with Crippen molar-refractivity contribution >= 4 is 34.3 Å². The number of ether oxygens (including phenoxy) is 1. The number of rotatable bonds is 6. The Labute approximate surface area is 168 Å². The highest BCUT2D eigenvalue weighted by atomic mass is 35.5. The normalized spacial score (nSPS) is 19.6. The molecule has 1 aromatic heterocycles. The van der Waals surface area contributed by atoms with Crippen LogP contribution in [0.25, 0.3) is 10.9 Å². The molecule has 1 saturated carbocycles. The summed E-state index contributed by atoms with van der Waals surface area (Å²) in [5.41, 5.74) is 4.83. The van der Waals surface area contributed by atoms with Crippen LogP contribution in [0.4, 0.5) is 0 Å². The number of aromatic amines is 1. The molecular formula is C22H21ClN2OS. The number of aromatic nitrogens is 1. The fourth-order valence-corrected chi connectivity index (χ4v) is 4.79. The molecule has 0 bridgehead atoms. The van der Waals surface area contributed by atoms with Gasteiger partial charge in [0, 0.05) is 39.4 Å². The third-order valence-electron chi connectivity index (χ3n) is 5.43. The van der Waals surface area contributed by atoms with Crippen LogP contribution in [0.1, 0.15) is 29.0 Å². The summed E-state index contributed by atoms with van der Waals surface area (Å²) in [6, 6.07) is 14.7. The third kappa shape index (κ3) is 3.31. The Morgan fingerprint density at radius 1 is 1.33 bits per heavy atom. The SMILES string of the molecule is COc1cc(Cl)ccc1C(c1c[nH]c2c(CSC)cccc12)C1CC1C#N. The van der Waals surface area contributed by atoms with Crippen LogP contribution in [0.15, 0.2) is 42.6 Å². The summed E-state index contributed by atoms with van der Waals surface area (Å²) in [6.07, 6.45) is 5.15. The van der Waals surface area contributed by atoms with Crippen molar-refractivity contribution in [3.8, 4) is 11.8 Å². The number of halogens is 1. The first-order valence-corrected chi connectivity index (χ1v) is 10.8. The smallest absolute Gasteiger partial charge is 0.124 e. The highest BCUT2D eigenvalue weighted by Gasteiger charge is 2.46. The van der Waals surface area contributed by atoms with Gasteiger partial charge in [-0.15, -0.1) is 0 Å². The summed E-state index contributed by atoms with van der Waals surface area (Å²) in [5, 5.41) is 11.3. The summed E-state index contributed by atoms with van der Waals surface area (Å²) >= 11 is 8.00. The largest absolute Gasteiger partial charge is 0.496 e. The summed E-state index contributed by atoms with van der Waals surface area (Å²) in [4.78, 5) is 3.49. The zero-order valence-corrected chi connectivity index (χ0v) is 16.9. The Hall–Kier alpha value is -2.09. The van der Waals surface area contributed by atoms with E-state index in [1.165, 1.54) is 22.0 Å². The molecule has 4 rings (SSSR count). The minimum atomic E-state index is 0.0923. The summed E-state index contributed by atoms with van der Waals surface area (Å²) in [7, 11) is 1.67. The van der Waals surface area contributed by atoms with Crippen LogP contribution >= 0.6 is 23.4 Å². The number of nitrogens with zero attached hydrogens (tertiary/aromatic N) is 1. The molecule has 0 saturated heterocycles. The lowest BCUT2D eigenvalue weighted by Crippen LogP contribution is -2.07. The van der Waals surface area contributed by atoms with Gasteiger partial charge >= 0.3 is 0 Å². The average molecular weight is 397 g/mol. The Morgan fingerprint density at radius 3 is 2.89 bits per heavy atom. The number of benzene rings is 2. The topological polar surface area (TPSA) is 48.8 Å². The highest BCUT2D eigenvalue weighted by molar-refractivity contribution is 7.97. The maximum atomic E-state index is 9.45. The molecule has 3 unspecified atom stereocenters. The van der Waals surface area contributed by atoms with Crippen LogP contribution in [-0.2, 0) is 5.75 Å². The van der Waals surface area contributed by atoms with Gasteiger partial charge in [0.05, 0.1) is 19.1 Å². The van der Waals surface area contributed by atoms with E-state index in [9.17, 15) is 5.26 Å². The lowest BCUT2D eigenvalue weighted by molar-refractivity contribution is 0.405. The Morgan fingerprint density at radius 2 is 2.19 bits per heavy atom. The lowest BCUT2D eigenvalue weighted by Gasteiger charge is -2.20. The highest BCUT2D eigenvalue weighted by Crippen LogP contribution is 2.54. The van der Waals surface area contributed by atoms with Crippen molar-refractivity contribution in [3.05, 3.63) is 64.3 Å². The molecule has 0 aliphatic heterocycles. The molecule has 1 heterocycles. The molecule has 2 aromatic carbocycles. The van der Waals surface area contributed by atoms with Crippen molar-refractivity contribution < 1.29 is 4.74 Å². The van der Waals surface area contributed by atoms with E-state index in [0.29, 0.717) is 10.9 Å². The Bertz CT molecular complexity index is 1020. The second kappa shape index (κ2) is 7.50. The molecule has 0 radical (unpaired) electrons. The first kappa shape index (κ1) is 18.3. The Balaban J connectivity index is 1.88. The molecule has 1 N–H and O–H groups in total. The predicted molar refractivity (Wildman–Crippen MR) is 113 cm³/mol. The van der Waals surface area contributed by atoms with Crippen LogP contribution < -0.4 is 4.74 Å². The van der Waals surface area contributed by atoms with E-state index in [1.54, 1.807) is 7.11 Å². The number of nitrogens with one attached hydrogen (secondary N) is 1. The number of para-hydroxylation sites is 1. The van der Waals surface area contributed by atoms with Crippen molar-refractivity contribution in [1.29, 1.82) is 5.26 Å². The predicted octanol–water partition coefficient (Wildman–Crippen LogP) is 5.98. The van der Waals surface area contributed by atoms with Gasteiger partial charge in [-0.05, 0) is 41.9 Å². The van der Waals surface area contributed by atoms with E-state index < -0.39 is 0 Å². The molecule has 0 spiro atoms. The molecule has 1 aliphatic rings. The van der Waals surface area contributed by atoms with Gasteiger partial charge in [0.25, 0.3) is 0 Å². The maximum absolute atomic E-state index is 9.45. The first-order valence-electron chi connectivity index (χ1n) is 8.98. The number of H-pyrrole nitrogens is 1. The molecule has 5 heteroatoms. The van der Waals surface area contributed by atoms with Gasteiger partial charge < -0.3 is 9.72 Å². The number of hydrogen-bond donors (Lipinski definition) is 1. The molecule has 3 atom stereocenters. The fraction of sp³-hybridized carbons (Fsp3) is 0.318. The molecule has 1 fully saturated rings. The van der Waals surface area contributed by atoms with Gasteiger partial charge in [-0.25, -0.2) is 0 Å². The van der Waals surface area contributed by atoms with Crippen LogP contribution in [0, 0.1) is 23.2 Å². The minimum absolute atomic E-state index is 0.0923. The molecule has 3 nitrogen and oxygen atoms in total. The number of thioether (sulfide) groups is 1. The van der Waals surface area contributed by atoms with E-state index in [-0.39, 0.29) is 11.8 Å². The number of nitriles is 1. The van der Waals surface area contributed by atoms with Crippen LogP contribution in [0.2, 0.25) is 5.02 Å². The fourth-order valence-electron chi connectivity index (χ4n) is 4.07. The van der Waals surface area contributed by atoms with E-state index in [0.717, 1.165) is 23.5 Å². The second-order valence-corrected chi connectivity index (χ2v) is 8.32. The van der Waals surface area contributed by atoms with E-state index in [2.05, 4.69) is 41.7 Å². The molecule has 0 amide bonds. The second-order valence-electron chi connectivity index (χ2n) is 7.02. The van der Waals surface area contributed by atoms with Crippen molar-refractivity contribution in [2.45, 2.75) is 18.1 Å². The first-order chi connectivity index (χ1) is 13.2. The molecular weight excluding hydrogens is 376 g/mol. The quantitative estimate of drug-likeness (QED) is 0.557. The van der Waals surface area contributed by atoms with Crippen molar-refractivity contribution in [3.63, 3.8) is 0 Å². The Kier molecular flexibility index (Phi) is 5.08. The third-order valence-corrected chi connectivity index (χ3v) is 6.27. The number of hydrogen-bond acceptors (Lipinski definition) is 3. The van der Waals surface area contributed by atoms with Gasteiger partial charge in [0.15, 0.2) is 0 Å². The molecule has 1 aliphatic carbocycles. The van der Waals surface area contributed by atoms with Crippen LogP contribution in [0.3, 0.4) is 0 Å². The van der Waals surface area contributed by atoms with Gasteiger partial charge in [0.1, 0.15) is 5.75 Å². The summed E-state index contributed by atoms with van der Waals surface area (Å²) in [6.45, 7) is 0. The minimum Gasteiger partial charge on any atom is -0.496 e.